The van der Waals surface area contributed by atoms with E-state index >= 15 is 0 Å². The number of ether oxygens (including phenoxy) is 1. The van der Waals surface area contributed by atoms with E-state index in [9.17, 15) is 19.5 Å². The average Bonchev–Trinajstić information content (AvgIpc) is 2.60. The van der Waals surface area contributed by atoms with Crippen molar-refractivity contribution in [2.45, 2.75) is 85.5 Å². The molecule has 0 saturated heterocycles. The highest BCUT2D eigenvalue weighted by molar-refractivity contribution is 5.92. The molecule has 0 heterocycles. The van der Waals surface area contributed by atoms with Crippen LogP contribution >= 0.6 is 0 Å². The number of carbonyl (C=O) groups is 3. The molecule has 0 fully saturated rings. The molecule has 3 amide bonds. The molecule has 0 aliphatic rings. The van der Waals surface area contributed by atoms with E-state index in [1.807, 2.05) is 46.8 Å². The minimum absolute atomic E-state index is 0.0746. The first-order chi connectivity index (χ1) is 14.6. The van der Waals surface area contributed by atoms with Crippen LogP contribution < -0.4 is 10.6 Å². The standard InChI is InChI=1S/C24H39N3O5/c1-15-11-10-12-18(16(15)2)19(20(29)26-23(4,5)6)27(13-14-28)21(30)17(3)25-22(31)32-24(7,8)9/h10-12,17,19,28H,13-14H2,1-9H3,(H,25,31)(H,26,29). The smallest absolute Gasteiger partial charge is 0.408 e. The first-order valence-corrected chi connectivity index (χ1v) is 10.9. The fraction of sp³-hybridized carbons (Fsp3) is 0.625. The predicted octanol–water partition coefficient (Wildman–Crippen LogP) is 2.99. The molecule has 1 aromatic rings. The van der Waals surface area contributed by atoms with Crippen LogP contribution in [0.25, 0.3) is 0 Å². The SMILES string of the molecule is Cc1cccc(C(C(=O)NC(C)(C)C)N(CCO)C(=O)C(C)NC(=O)OC(C)(C)C)c1C. The van der Waals surface area contributed by atoms with E-state index in [2.05, 4.69) is 10.6 Å². The Kier molecular flexibility index (Phi) is 9.26. The molecule has 8 heteroatoms. The van der Waals surface area contributed by atoms with Crippen LogP contribution in [0.4, 0.5) is 4.79 Å². The molecule has 0 aromatic heterocycles. The first kappa shape index (κ1) is 27.4. The zero-order valence-corrected chi connectivity index (χ0v) is 20.8. The summed E-state index contributed by atoms with van der Waals surface area (Å²) in [5.41, 5.74) is 1.28. The Labute approximate surface area is 191 Å². The molecule has 0 radical (unpaired) electrons. The van der Waals surface area contributed by atoms with Gasteiger partial charge in [0, 0.05) is 12.1 Å². The summed E-state index contributed by atoms with van der Waals surface area (Å²) in [6.07, 6.45) is -0.732. The van der Waals surface area contributed by atoms with Gasteiger partial charge in [-0.25, -0.2) is 4.79 Å². The van der Waals surface area contributed by atoms with Gasteiger partial charge < -0.3 is 25.4 Å². The molecule has 0 aliphatic carbocycles. The summed E-state index contributed by atoms with van der Waals surface area (Å²) in [6, 6.07) is 3.63. The lowest BCUT2D eigenvalue weighted by Crippen LogP contribution is -2.54. The number of rotatable bonds is 7. The van der Waals surface area contributed by atoms with Crippen LogP contribution in [-0.2, 0) is 14.3 Å². The predicted molar refractivity (Wildman–Crippen MR) is 124 cm³/mol. The number of aryl methyl sites for hydroxylation is 1. The Hall–Kier alpha value is -2.61. The van der Waals surface area contributed by atoms with Crippen molar-refractivity contribution >= 4 is 17.9 Å². The molecule has 0 bridgehead atoms. The van der Waals surface area contributed by atoms with E-state index in [1.54, 1.807) is 26.8 Å². The van der Waals surface area contributed by atoms with E-state index in [1.165, 1.54) is 11.8 Å². The molecule has 1 rings (SSSR count). The molecule has 8 nitrogen and oxygen atoms in total. The Balaban J connectivity index is 3.37. The minimum atomic E-state index is -0.975. The molecule has 3 N–H and O–H groups in total. The van der Waals surface area contributed by atoms with Gasteiger partial charge in [-0.3, -0.25) is 9.59 Å². The topological polar surface area (TPSA) is 108 Å². The van der Waals surface area contributed by atoms with Crippen LogP contribution in [0, 0.1) is 13.8 Å². The summed E-state index contributed by atoms with van der Waals surface area (Å²) < 4.78 is 5.24. The number of hydrogen-bond donors (Lipinski definition) is 3. The molecule has 180 valence electrons. The number of nitrogens with one attached hydrogen (secondary N) is 2. The molecule has 2 atom stereocenters. The second-order valence-electron chi connectivity index (χ2n) is 10.1. The van der Waals surface area contributed by atoms with Gasteiger partial charge in [-0.2, -0.15) is 0 Å². The van der Waals surface area contributed by atoms with Crippen molar-refractivity contribution in [3.63, 3.8) is 0 Å². The second-order valence-corrected chi connectivity index (χ2v) is 10.1. The van der Waals surface area contributed by atoms with Crippen LogP contribution in [-0.4, -0.2) is 58.2 Å². The number of carbonyl (C=O) groups excluding carboxylic acids is 3. The van der Waals surface area contributed by atoms with Crippen molar-refractivity contribution in [1.82, 2.24) is 15.5 Å². The summed E-state index contributed by atoms with van der Waals surface area (Å²) in [6.45, 7) is 15.7. The number of amides is 3. The van der Waals surface area contributed by atoms with Crippen molar-refractivity contribution < 1.29 is 24.2 Å². The third-order valence-corrected chi connectivity index (χ3v) is 4.73. The number of aliphatic hydroxyl groups excluding tert-OH is 1. The molecule has 1 aromatic carbocycles. The fourth-order valence-corrected chi connectivity index (χ4v) is 3.23. The highest BCUT2D eigenvalue weighted by Gasteiger charge is 2.36. The zero-order valence-electron chi connectivity index (χ0n) is 20.8. The van der Waals surface area contributed by atoms with Gasteiger partial charge in [0.2, 0.25) is 11.8 Å². The van der Waals surface area contributed by atoms with Crippen LogP contribution in [0.3, 0.4) is 0 Å². The van der Waals surface area contributed by atoms with Crippen molar-refractivity contribution in [2.75, 3.05) is 13.2 Å². The summed E-state index contributed by atoms with van der Waals surface area (Å²) in [5, 5.41) is 15.2. The quantitative estimate of drug-likeness (QED) is 0.593. The highest BCUT2D eigenvalue weighted by atomic mass is 16.6. The van der Waals surface area contributed by atoms with Crippen molar-refractivity contribution in [2.24, 2.45) is 0 Å². The molecular weight excluding hydrogens is 410 g/mol. The highest BCUT2D eigenvalue weighted by Crippen LogP contribution is 2.27. The van der Waals surface area contributed by atoms with Crippen molar-refractivity contribution in [1.29, 1.82) is 0 Å². The number of benzene rings is 1. The van der Waals surface area contributed by atoms with Crippen LogP contribution in [0.5, 0.6) is 0 Å². The Morgan fingerprint density at radius 2 is 1.69 bits per heavy atom. The third kappa shape index (κ3) is 8.15. The van der Waals surface area contributed by atoms with Crippen LogP contribution in [0.2, 0.25) is 0 Å². The Bertz CT molecular complexity index is 824. The van der Waals surface area contributed by atoms with Crippen molar-refractivity contribution in [3.05, 3.63) is 34.9 Å². The summed E-state index contributed by atoms with van der Waals surface area (Å²) in [7, 11) is 0. The monoisotopic (exact) mass is 449 g/mol. The maximum absolute atomic E-state index is 13.4. The number of aliphatic hydroxyl groups is 1. The van der Waals surface area contributed by atoms with Gasteiger partial charge >= 0.3 is 6.09 Å². The molecule has 0 spiro atoms. The first-order valence-electron chi connectivity index (χ1n) is 10.9. The molecule has 2 unspecified atom stereocenters. The summed E-state index contributed by atoms with van der Waals surface area (Å²) >= 11 is 0. The summed E-state index contributed by atoms with van der Waals surface area (Å²) in [5.74, 6) is -0.864. The molecule has 32 heavy (non-hydrogen) atoms. The van der Waals surface area contributed by atoms with E-state index in [4.69, 9.17) is 4.74 Å². The molecule has 0 saturated carbocycles. The van der Waals surface area contributed by atoms with E-state index in [-0.39, 0.29) is 19.1 Å². The lowest BCUT2D eigenvalue weighted by Gasteiger charge is -2.35. The largest absolute Gasteiger partial charge is 0.444 e. The van der Waals surface area contributed by atoms with Crippen molar-refractivity contribution in [3.8, 4) is 0 Å². The van der Waals surface area contributed by atoms with Crippen LogP contribution in [0.15, 0.2) is 18.2 Å². The van der Waals surface area contributed by atoms with Crippen LogP contribution in [0.1, 0.15) is 71.2 Å². The zero-order chi connectivity index (χ0) is 24.9. The van der Waals surface area contributed by atoms with Gasteiger partial charge in [0.05, 0.1) is 6.61 Å². The maximum atomic E-state index is 13.4. The van der Waals surface area contributed by atoms with Gasteiger partial charge in [0.15, 0.2) is 0 Å². The maximum Gasteiger partial charge on any atom is 0.408 e. The van der Waals surface area contributed by atoms with Gasteiger partial charge in [-0.1, -0.05) is 18.2 Å². The molecular formula is C24H39N3O5. The third-order valence-electron chi connectivity index (χ3n) is 4.73. The lowest BCUT2D eigenvalue weighted by atomic mass is 9.94. The van der Waals surface area contributed by atoms with E-state index in [0.717, 1.165) is 11.1 Å². The van der Waals surface area contributed by atoms with E-state index in [0.29, 0.717) is 5.56 Å². The minimum Gasteiger partial charge on any atom is -0.444 e. The lowest BCUT2D eigenvalue weighted by molar-refractivity contribution is -0.143. The van der Waals surface area contributed by atoms with Gasteiger partial charge in [0.25, 0.3) is 0 Å². The average molecular weight is 450 g/mol. The van der Waals surface area contributed by atoms with E-state index < -0.39 is 35.2 Å². The van der Waals surface area contributed by atoms with Gasteiger partial charge in [-0.05, 0) is 79.0 Å². The van der Waals surface area contributed by atoms with Gasteiger partial charge in [-0.15, -0.1) is 0 Å². The number of nitrogens with zero attached hydrogens (tertiary/aromatic N) is 1. The molecule has 0 aliphatic heterocycles. The summed E-state index contributed by atoms with van der Waals surface area (Å²) in [4.78, 5) is 40.2. The number of hydrogen-bond acceptors (Lipinski definition) is 5. The fourth-order valence-electron chi connectivity index (χ4n) is 3.23. The Morgan fingerprint density at radius 1 is 1.09 bits per heavy atom. The van der Waals surface area contributed by atoms with Gasteiger partial charge in [0.1, 0.15) is 17.7 Å². The normalized spacial score (nSPS) is 13.7. The number of alkyl carbamates (subject to hydrolysis) is 1. The second kappa shape index (κ2) is 10.8. The Morgan fingerprint density at radius 3 is 2.19 bits per heavy atom.